The first kappa shape index (κ1) is 14.3. The molecule has 106 valence electrons. The Morgan fingerprint density at radius 1 is 1.39 bits per heavy atom. The van der Waals surface area contributed by atoms with Crippen LogP contribution in [0.5, 0.6) is 0 Å². The van der Waals surface area contributed by atoms with E-state index in [2.05, 4.69) is 6.92 Å². The fraction of sp³-hybridized carbons (Fsp3) is 1.00. The molecule has 18 heavy (non-hydrogen) atoms. The molecule has 1 heterocycles. The maximum Gasteiger partial charge on any atom is 0.0686 e. The quantitative estimate of drug-likeness (QED) is 0.822. The third-order valence-corrected chi connectivity index (χ3v) is 4.69. The van der Waals surface area contributed by atoms with E-state index in [0.29, 0.717) is 11.8 Å². The maximum absolute atomic E-state index is 10.4. The summed E-state index contributed by atoms with van der Waals surface area (Å²) in [6.07, 6.45) is 7.74. The van der Waals surface area contributed by atoms with E-state index in [9.17, 15) is 5.11 Å². The molecule has 2 rings (SSSR count). The van der Waals surface area contributed by atoms with Gasteiger partial charge < -0.3 is 14.6 Å². The fourth-order valence-electron chi connectivity index (χ4n) is 3.72. The van der Waals surface area contributed by atoms with Crippen molar-refractivity contribution in [3.63, 3.8) is 0 Å². The zero-order valence-electron chi connectivity index (χ0n) is 11.9. The van der Waals surface area contributed by atoms with Crippen LogP contribution in [0, 0.1) is 11.8 Å². The number of aliphatic hydroxyl groups excluding tert-OH is 1. The van der Waals surface area contributed by atoms with Gasteiger partial charge in [-0.25, -0.2) is 0 Å². The van der Waals surface area contributed by atoms with Crippen LogP contribution >= 0.6 is 0 Å². The van der Waals surface area contributed by atoms with E-state index in [1.54, 1.807) is 7.11 Å². The van der Waals surface area contributed by atoms with Crippen LogP contribution in [0.3, 0.4) is 0 Å². The Morgan fingerprint density at radius 3 is 2.78 bits per heavy atom. The van der Waals surface area contributed by atoms with Crippen LogP contribution in [0.4, 0.5) is 0 Å². The van der Waals surface area contributed by atoms with Gasteiger partial charge in [-0.15, -0.1) is 0 Å². The molecule has 0 aromatic rings. The zero-order valence-corrected chi connectivity index (χ0v) is 11.9. The van der Waals surface area contributed by atoms with Gasteiger partial charge in [-0.3, -0.25) is 0 Å². The van der Waals surface area contributed by atoms with Crippen molar-refractivity contribution in [1.29, 1.82) is 0 Å². The molecule has 3 unspecified atom stereocenters. The lowest BCUT2D eigenvalue weighted by atomic mass is 9.79. The average Bonchev–Trinajstić information content (AvgIpc) is 2.77. The van der Waals surface area contributed by atoms with Crippen molar-refractivity contribution in [3.8, 4) is 0 Å². The predicted octanol–water partition coefficient (Wildman–Crippen LogP) is 2.76. The highest BCUT2D eigenvalue weighted by Gasteiger charge is 2.41. The molecule has 3 atom stereocenters. The van der Waals surface area contributed by atoms with Crippen molar-refractivity contribution >= 4 is 0 Å². The molecule has 0 radical (unpaired) electrons. The summed E-state index contributed by atoms with van der Waals surface area (Å²) in [5, 5.41) is 10.4. The van der Waals surface area contributed by atoms with Gasteiger partial charge in [0.1, 0.15) is 0 Å². The first-order valence-corrected chi connectivity index (χ1v) is 7.46. The normalized spacial score (nSPS) is 30.5. The number of methoxy groups -OCH3 is 1. The minimum atomic E-state index is -0.184. The zero-order chi connectivity index (χ0) is 13.0. The molecule has 0 bridgehead atoms. The van der Waals surface area contributed by atoms with Crippen molar-refractivity contribution in [2.45, 2.75) is 63.6 Å². The van der Waals surface area contributed by atoms with Gasteiger partial charge in [-0.2, -0.15) is 0 Å². The first-order chi connectivity index (χ1) is 8.65. The summed E-state index contributed by atoms with van der Waals surface area (Å²) in [5.41, 5.74) is 0.119. The van der Waals surface area contributed by atoms with E-state index in [4.69, 9.17) is 9.47 Å². The molecular weight excluding hydrogens is 228 g/mol. The molecule has 2 fully saturated rings. The molecule has 1 spiro atoms. The monoisotopic (exact) mass is 256 g/mol. The molecule has 2 aliphatic rings. The second-order valence-corrected chi connectivity index (χ2v) is 6.36. The highest BCUT2D eigenvalue weighted by atomic mass is 16.5. The van der Waals surface area contributed by atoms with Gasteiger partial charge in [0.2, 0.25) is 0 Å². The Kier molecular flexibility index (Phi) is 5.05. The van der Waals surface area contributed by atoms with Crippen molar-refractivity contribution < 1.29 is 14.6 Å². The van der Waals surface area contributed by atoms with Crippen molar-refractivity contribution in [2.75, 3.05) is 20.3 Å². The molecule has 1 N–H and O–H groups in total. The number of hydrogen-bond acceptors (Lipinski definition) is 3. The Hall–Kier alpha value is -0.120. The third-order valence-electron chi connectivity index (χ3n) is 4.69. The summed E-state index contributed by atoms with van der Waals surface area (Å²) in [6, 6.07) is 0. The Morgan fingerprint density at radius 2 is 2.11 bits per heavy atom. The van der Waals surface area contributed by atoms with Gasteiger partial charge >= 0.3 is 0 Å². The second-order valence-electron chi connectivity index (χ2n) is 6.36. The average molecular weight is 256 g/mol. The van der Waals surface area contributed by atoms with E-state index in [-0.39, 0.29) is 11.7 Å². The molecule has 3 nitrogen and oxygen atoms in total. The molecule has 0 amide bonds. The van der Waals surface area contributed by atoms with E-state index in [1.807, 2.05) is 0 Å². The summed E-state index contributed by atoms with van der Waals surface area (Å²) in [4.78, 5) is 0. The lowest BCUT2D eigenvalue weighted by Crippen LogP contribution is -2.41. The first-order valence-electron chi connectivity index (χ1n) is 7.46. The van der Waals surface area contributed by atoms with Crippen LogP contribution in [0.15, 0.2) is 0 Å². The van der Waals surface area contributed by atoms with E-state index < -0.39 is 0 Å². The van der Waals surface area contributed by atoms with Crippen molar-refractivity contribution in [1.82, 2.24) is 0 Å². The van der Waals surface area contributed by atoms with Crippen LogP contribution in [-0.4, -0.2) is 37.1 Å². The predicted molar refractivity (Wildman–Crippen MR) is 71.5 cm³/mol. The van der Waals surface area contributed by atoms with Gasteiger partial charge in [0.05, 0.1) is 11.7 Å². The molecule has 1 saturated heterocycles. The highest BCUT2D eigenvalue weighted by Crippen LogP contribution is 2.43. The summed E-state index contributed by atoms with van der Waals surface area (Å²) < 4.78 is 11.2. The van der Waals surface area contributed by atoms with E-state index in [1.165, 1.54) is 25.7 Å². The number of rotatable bonds is 5. The van der Waals surface area contributed by atoms with E-state index in [0.717, 1.165) is 32.5 Å². The summed E-state index contributed by atoms with van der Waals surface area (Å²) >= 11 is 0. The van der Waals surface area contributed by atoms with Crippen molar-refractivity contribution in [2.24, 2.45) is 11.8 Å². The number of hydrogen-bond donors (Lipinski definition) is 1. The molecule has 1 aliphatic carbocycles. The second kappa shape index (κ2) is 6.36. The minimum Gasteiger partial charge on any atom is -0.393 e. The molecule has 0 aromatic heterocycles. The lowest BCUT2D eigenvalue weighted by Gasteiger charge is -2.40. The summed E-state index contributed by atoms with van der Waals surface area (Å²) in [5.74, 6) is 0.864. The largest absolute Gasteiger partial charge is 0.393 e. The lowest BCUT2D eigenvalue weighted by molar-refractivity contribution is -0.115. The van der Waals surface area contributed by atoms with Crippen LogP contribution in [0.2, 0.25) is 0 Å². The molecule has 1 saturated carbocycles. The number of ether oxygens (including phenoxy) is 2. The summed E-state index contributed by atoms with van der Waals surface area (Å²) in [6.45, 7) is 3.73. The SMILES string of the molecule is COCC(C)CC(O)C1CCOC2(CCCC2)C1. The van der Waals surface area contributed by atoms with Gasteiger partial charge in [-0.1, -0.05) is 19.8 Å². The van der Waals surface area contributed by atoms with Gasteiger partial charge in [-0.05, 0) is 43.9 Å². The maximum atomic E-state index is 10.4. The van der Waals surface area contributed by atoms with Gasteiger partial charge in [0.15, 0.2) is 0 Å². The van der Waals surface area contributed by atoms with Crippen LogP contribution in [0.1, 0.15) is 51.9 Å². The summed E-state index contributed by atoms with van der Waals surface area (Å²) in [7, 11) is 1.73. The smallest absolute Gasteiger partial charge is 0.0686 e. The topological polar surface area (TPSA) is 38.7 Å². The Bertz CT molecular complexity index is 248. The third kappa shape index (κ3) is 3.46. The highest BCUT2D eigenvalue weighted by molar-refractivity contribution is 4.93. The molecule has 1 aliphatic heterocycles. The standard InChI is InChI=1S/C15H28O3/c1-12(11-17-2)9-14(16)13-5-8-18-15(10-13)6-3-4-7-15/h12-14,16H,3-11H2,1-2H3. The molecule has 3 heteroatoms. The Labute approximate surface area is 111 Å². The molecule has 0 aromatic carbocycles. The minimum absolute atomic E-state index is 0.119. The van der Waals surface area contributed by atoms with Gasteiger partial charge in [0, 0.05) is 20.3 Å². The van der Waals surface area contributed by atoms with Crippen molar-refractivity contribution in [3.05, 3.63) is 0 Å². The fourth-order valence-corrected chi connectivity index (χ4v) is 3.72. The van der Waals surface area contributed by atoms with Gasteiger partial charge in [0.25, 0.3) is 0 Å². The Balaban J connectivity index is 1.84. The van der Waals surface area contributed by atoms with E-state index >= 15 is 0 Å². The molecular formula is C15H28O3. The van der Waals surface area contributed by atoms with Crippen LogP contribution in [0.25, 0.3) is 0 Å². The van der Waals surface area contributed by atoms with Crippen LogP contribution < -0.4 is 0 Å². The number of aliphatic hydroxyl groups is 1. The van der Waals surface area contributed by atoms with Crippen LogP contribution in [-0.2, 0) is 9.47 Å².